The first-order valence-electron chi connectivity index (χ1n) is 11.3. The Morgan fingerprint density at radius 1 is 1.09 bits per heavy atom. The van der Waals surface area contributed by atoms with Gasteiger partial charge in [-0.3, -0.25) is 19.1 Å². The van der Waals surface area contributed by atoms with Gasteiger partial charge in [0.05, 0.1) is 12.0 Å². The van der Waals surface area contributed by atoms with Crippen molar-refractivity contribution in [1.29, 1.82) is 0 Å². The zero-order valence-corrected chi connectivity index (χ0v) is 21.1. The molecule has 1 heterocycles. The number of rotatable bonds is 7. The van der Waals surface area contributed by atoms with Crippen LogP contribution in [0.1, 0.15) is 71.7 Å². The summed E-state index contributed by atoms with van der Waals surface area (Å²) in [7, 11) is 1.55. The number of anilines is 1. The first-order chi connectivity index (χ1) is 15.2. The molecule has 2 N–H and O–H groups in total. The molecule has 2 rings (SSSR count). The highest BCUT2D eigenvalue weighted by atomic mass is 16.6. The van der Waals surface area contributed by atoms with Crippen molar-refractivity contribution < 1.29 is 19.1 Å². The number of fused-ring (bicyclic) bond motifs is 1. The third-order valence-corrected chi connectivity index (χ3v) is 4.84. The van der Waals surface area contributed by atoms with Crippen LogP contribution in [0.3, 0.4) is 0 Å². The molecule has 0 radical (unpaired) electrons. The highest BCUT2D eigenvalue weighted by Gasteiger charge is 2.29. The van der Waals surface area contributed by atoms with Gasteiger partial charge < -0.3 is 15.2 Å². The van der Waals surface area contributed by atoms with Crippen LogP contribution in [0.4, 0.5) is 10.6 Å². The maximum atomic E-state index is 13.6. The minimum absolute atomic E-state index is 0.252. The Kier molecular flexibility index (Phi) is 7.83. The van der Waals surface area contributed by atoms with E-state index >= 15 is 0 Å². The Balaban J connectivity index is 2.92. The van der Waals surface area contributed by atoms with Gasteiger partial charge in [-0.1, -0.05) is 34.1 Å². The summed E-state index contributed by atoms with van der Waals surface area (Å²) < 4.78 is 13.3. The fourth-order valence-electron chi connectivity index (χ4n) is 3.39. The van der Waals surface area contributed by atoms with Crippen molar-refractivity contribution >= 4 is 28.6 Å². The third-order valence-electron chi connectivity index (χ3n) is 4.84. The van der Waals surface area contributed by atoms with Crippen LogP contribution in [-0.4, -0.2) is 35.8 Å². The van der Waals surface area contributed by atoms with E-state index in [2.05, 4.69) is 0 Å². The number of ether oxygens (including phenoxy) is 2. The van der Waals surface area contributed by atoms with Gasteiger partial charge in [-0.25, -0.2) is 4.79 Å². The number of hydrogen-bond donors (Lipinski definition) is 1. The lowest BCUT2D eigenvalue weighted by Gasteiger charge is -2.30. The van der Waals surface area contributed by atoms with Gasteiger partial charge in [0.2, 0.25) is 5.91 Å². The van der Waals surface area contributed by atoms with Crippen molar-refractivity contribution in [3.05, 3.63) is 34.1 Å². The number of benzene rings is 1. The smallest absolute Gasteiger partial charge is 0.415 e. The molecule has 0 unspecified atom stereocenters. The topological polar surface area (TPSA) is 104 Å². The predicted molar refractivity (Wildman–Crippen MR) is 131 cm³/mol. The van der Waals surface area contributed by atoms with Crippen LogP contribution in [0.2, 0.25) is 0 Å². The molecule has 1 aromatic carbocycles. The van der Waals surface area contributed by atoms with Gasteiger partial charge in [-0.15, -0.1) is 0 Å². The third kappa shape index (κ3) is 6.49. The minimum Gasteiger partial charge on any atom is -0.489 e. The molecule has 0 saturated carbocycles. The lowest BCUT2D eigenvalue weighted by Crippen LogP contribution is -2.39. The fourth-order valence-corrected chi connectivity index (χ4v) is 3.39. The van der Waals surface area contributed by atoms with Crippen molar-refractivity contribution in [2.75, 3.05) is 18.6 Å². The summed E-state index contributed by atoms with van der Waals surface area (Å²) >= 11 is 0. The van der Waals surface area contributed by atoms with Crippen molar-refractivity contribution in [3.8, 4) is 5.75 Å². The molecule has 0 aliphatic heterocycles. The van der Waals surface area contributed by atoms with E-state index in [0.717, 1.165) is 12.8 Å². The van der Waals surface area contributed by atoms with Gasteiger partial charge >= 0.3 is 6.09 Å². The lowest BCUT2D eigenvalue weighted by atomic mass is 9.96. The summed E-state index contributed by atoms with van der Waals surface area (Å²) in [5.74, 6) is 0.0190. The van der Waals surface area contributed by atoms with E-state index in [4.69, 9.17) is 15.2 Å². The van der Waals surface area contributed by atoms with Crippen molar-refractivity contribution in [3.63, 3.8) is 0 Å². The zero-order valence-electron chi connectivity index (χ0n) is 21.1. The van der Waals surface area contributed by atoms with Crippen LogP contribution < -0.4 is 20.9 Å². The molecule has 0 saturated heterocycles. The Hall–Kier alpha value is -3.03. The lowest BCUT2D eigenvalue weighted by molar-refractivity contribution is 0.0585. The Labute approximate surface area is 195 Å². The van der Waals surface area contributed by atoms with Gasteiger partial charge in [0.15, 0.2) is 11.6 Å². The van der Waals surface area contributed by atoms with Crippen LogP contribution >= 0.6 is 0 Å². The summed E-state index contributed by atoms with van der Waals surface area (Å²) in [5, 5.41) is 0.819. The van der Waals surface area contributed by atoms with Crippen LogP contribution in [0.5, 0.6) is 5.75 Å². The number of primary amides is 1. The minimum atomic E-state index is -0.723. The molecule has 33 heavy (non-hydrogen) atoms. The molecule has 0 atom stereocenters. The molecule has 0 aliphatic carbocycles. The number of hydrogen-bond acceptors (Lipinski definition) is 5. The normalized spacial score (nSPS) is 12.0. The largest absolute Gasteiger partial charge is 0.489 e. The maximum Gasteiger partial charge on any atom is 0.415 e. The number of aromatic nitrogens is 1. The van der Waals surface area contributed by atoms with Crippen LogP contribution in [0.15, 0.2) is 23.0 Å². The van der Waals surface area contributed by atoms with E-state index in [1.807, 2.05) is 27.7 Å². The van der Waals surface area contributed by atoms with Gasteiger partial charge in [-0.2, -0.15) is 0 Å². The predicted octanol–water partition coefficient (Wildman–Crippen LogP) is 4.70. The average Bonchev–Trinajstić information content (AvgIpc) is 2.68. The SMILES string of the molecule is CCCCOc1c(N(C)C(=O)OC(C)(C)C)n(CC(C)(C)C)c(=O)c2ccc(C(N)=O)cc12. The Morgan fingerprint density at radius 3 is 2.24 bits per heavy atom. The van der Waals surface area contributed by atoms with E-state index in [1.165, 1.54) is 11.0 Å². The van der Waals surface area contributed by atoms with Crippen molar-refractivity contribution in [2.45, 2.75) is 73.5 Å². The van der Waals surface area contributed by atoms with Gasteiger partial charge in [0.1, 0.15) is 5.60 Å². The number of carbonyl (C=O) groups is 2. The molecule has 0 spiro atoms. The molecule has 0 aliphatic rings. The molecule has 8 heteroatoms. The Morgan fingerprint density at radius 2 is 1.73 bits per heavy atom. The zero-order chi connectivity index (χ0) is 25.1. The number of nitrogens with two attached hydrogens (primary N) is 1. The van der Waals surface area contributed by atoms with Gasteiger partial charge in [0.25, 0.3) is 5.56 Å². The number of unbranched alkanes of at least 4 members (excludes halogenated alkanes) is 1. The highest BCUT2D eigenvalue weighted by molar-refractivity contribution is 6.02. The molecule has 182 valence electrons. The standard InChI is InChI=1S/C25H37N3O5/c1-9-10-13-32-19-18-14-16(20(26)29)11-12-17(18)22(30)28(15-24(2,3)4)21(19)27(8)23(31)33-25(5,6)7/h11-12,14H,9-10,13,15H2,1-8H3,(H2,26,29). The molecular weight excluding hydrogens is 422 g/mol. The second kappa shape index (κ2) is 9.85. The van der Waals surface area contributed by atoms with E-state index in [1.54, 1.807) is 44.5 Å². The van der Waals surface area contributed by atoms with Crippen LogP contribution in [-0.2, 0) is 11.3 Å². The van der Waals surface area contributed by atoms with E-state index in [9.17, 15) is 14.4 Å². The molecule has 0 fully saturated rings. The van der Waals surface area contributed by atoms with Crippen molar-refractivity contribution in [2.24, 2.45) is 11.1 Å². The molecule has 2 amide bonds. The summed E-state index contributed by atoms with van der Waals surface area (Å²) in [6, 6.07) is 4.66. The second-order valence-electron chi connectivity index (χ2n) is 10.5. The van der Waals surface area contributed by atoms with E-state index in [-0.39, 0.29) is 22.4 Å². The number of carbonyl (C=O) groups excluding carboxylic acids is 2. The number of amides is 2. The van der Waals surface area contributed by atoms with E-state index in [0.29, 0.717) is 29.7 Å². The summed E-state index contributed by atoms with van der Waals surface area (Å²) in [5.41, 5.74) is 4.47. The molecular formula is C25H37N3O5. The Bertz CT molecular complexity index is 1090. The first-order valence-corrected chi connectivity index (χ1v) is 11.3. The van der Waals surface area contributed by atoms with Gasteiger partial charge in [-0.05, 0) is 50.8 Å². The molecule has 1 aromatic heterocycles. The van der Waals surface area contributed by atoms with Gasteiger partial charge in [0, 0.05) is 24.5 Å². The number of pyridine rings is 1. The maximum absolute atomic E-state index is 13.6. The molecule has 2 aromatic rings. The highest BCUT2D eigenvalue weighted by Crippen LogP contribution is 2.37. The van der Waals surface area contributed by atoms with Crippen LogP contribution in [0.25, 0.3) is 10.8 Å². The summed E-state index contributed by atoms with van der Waals surface area (Å²) in [6.07, 6.45) is 1.07. The van der Waals surface area contributed by atoms with Crippen LogP contribution in [0, 0.1) is 5.41 Å². The quantitative estimate of drug-likeness (QED) is 0.605. The van der Waals surface area contributed by atoms with E-state index < -0.39 is 17.6 Å². The van der Waals surface area contributed by atoms with Crippen molar-refractivity contribution in [1.82, 2.24) is 4.57 Å². The summed E-state index contributed by atoms with van der Waals surface area (Å²) in [4.78, 5) is 39.8. The average molecular weight is 460 g/mol. The monoisotopic (exact) mass is 459 g/mol. The first kappa shape index (κ1) is 26.2. The molecule has 0 bridgehead atoms. The summed E-state index contributed by atoms with van der Waals surface area (Å²) in [6.45, 7) is 14.1. The number of nitrogens with zero attached hydrogens (tertiary/aromatic N) is 2. The second-order valence-corrected chi connectivity index (χ2v) is 10.5. The fraction of sp³-hybridized carbons (Fsp3) is 0.560. The molecule has 8 nitrogen and oxygen atoms in total.